The van der Waals surface area contributed by atoms with E-state index in [0.29, 0.717) is 35.5 Å². The van der Waals surface area contributed by atoms with E-state index in [1.807, 2.05) is 4.90 Å². The first kappa shape index (κ1) is 18.4. The number of hydrogen-bond acceptors (Lipinski definition) is 5. The van der Waals surface area contributed by atoms with Gasteiger partial charge >= 0.3 is 0 Å². The number of benzene rings is 1. The van der Waals surface area contributed by atoms with E-state index < -0.39 is 0 Å². The molecule has 0 bridgehead atoms. The number of methoxy groups -OCH3 is 3. The van der Waals surface area contributed by atoms with Crippen molar-refractivity contribution in [3.63, 3.8) is 0 Å². The Hall–Kier alpha value is -2.44. The molecule has 0 radical (unpaired) electrons. The van der Waals surface area contributed by atoms with Gasteiger partial charge in [-0.15, -0.1) is 0 Å². The van der Waals surface area contributed by atoms with Crippen molar-refractivity contribution >= 4 is 17.5 Å². The molecule has 7 nitrogen and oxygen atoms in total. The smallest absolute Gasteiger partial charge is 0.229 e. The zero-order valence-electron chi connectivity index (χ0n) is 15.5. The molecular formula is C19H26N2O5. The Morgan fingerprint density at radius 1 is 1.08 bits per heavy atom. The van der Waals surface area contributed by atoms with Gasteiger partial charge in [0.25, 0.3) is 0 Å². The third-order valence-electron chi connectivity index (χ3n) is 5.23. The molecule has 1 heterocycles. The topological polar surface area (TPSA) is 77.1 Å². The second kappa shape index (κ2) is 7.85. The Balaban J connectivity index is 1.71. The third kappa shape index (κ3) is 3.57. The molecule has 1 atom stereocenters. The van der Waals surface area contributed by atoms with Crippen molar-refractivity contribution in [1.82, 2.24) is 4.90 Å². The summed E-state index contributed by atoms with van der Waals surface area (Å²) in [5.74, 6) is 1.00. The summed E-state index contributed by atoms with van der Waals surface area (Å²) in [5.41, 5.74) is 0.552. The van der Waals surface area contributed by atoms with E-state index in [-0.39, 0.29) is 24.2 Å². The Morgan fingerprint density at radius 2 is 1.69 bits per heavy atom. The molecule has 1 unspecified atom stereocenters. The van der Waals surface area contributed by atoms with E-state index in [1.54, 1.807) is 12.1 Å². The van der Waals surface area contributed by atoms with Gasteiger partial charge in [-0.25, -0.2) is 0 Å². The van der Waals surface area contributed by atoms with Crippen LogP contribution in [0.15, 0.2) is 12.1 Å². The summed E-state index contributed by atoms with van der Waals surface area (Å²) in [5, 5.41) is 2.88. The first-order valence-electron chi connectivity index (χ1n) is 8.97. The zero-order valence-corrected chi connectivity index (χ0v) is 15.5. The minimum atomic E-state index is -0.331. The van der Waals surface area contributed by atoms with E-state index in [0.717, 1.165) is 25.7 Å². The number of carbonyl (C=O) groups excluding carboxylic acids is 2. The number of nitrogens with zero attached hydrogens (tertiary/aromatic N) is 1. The highest BCUT2D eigenvalue weighted by Crippen LogP contribution is 2.40. The standard InChI is InChI=1S/C19H26N2O5/c1-24-15-9-13(10-16(25-2)18(15)26-3)20-19(23)12-8-17(22)21(11-12)14-6-4-5-7-14/h9-10,12,14H,4-8,11H2,1-3H3,(H,20,23). The molecule has 0 spiro atoms. The summed E-state index contributed by atoms with van der Waals surface area (Å²) in [6, 6.07) is 3.68. The van der Waals surface area contributed by atoms with Gasteiger partial charge in [-0.1, -0.05) is 12.8 Å². The van der Waals surface area contributed by atoms with Gasteiger partial charge in [-0.05, 0) is 12.8 Å². The van der Waals surface area contributed by atoms with Gasteiger partial charge in [0.15, 0.2) is 11.5 Å². The van der Waals surface area contributed by atoms with Crippen molar-refractivity contribution in [3.8, 4) is 17.2 Å². The van der Waals surface area contributed by atoms with Crippen molar-refractivity contribution in [2.45, 2.75) is 38.1 Å². The van der Waals surface area contributed by atoms with Gasteiger partial charge in [0, 0.05) is 36.8 Å². The quantitative estimate of drug-likeness (QED) is 0.841. The van der Waals surface area contributed by atoms with E-state index in [4.69, 9.17) is 14.2 Å². The maximum Gasteiger partial charge on any atom is 0.229 e. The van der Waals surface area contributed by atoms with Crippen LogP contribution in [-0.4, -0.2) is 50.6 Å². The van der Waals surface area contributed by atoms with Crippen LogP contribution in [-0.2, 0) is 9.59 Å². The number of likely N-dealkylation sites (tertiary alicyclic amines) is 1. The molecule has 1 saturated carbocycles. The Bertz CT molecular complexity index is 660. The maximum absolute atomic E-state index is 12.7. The summed E-state index contributed by atoms with van der Waals surface area (Å²) in [7, 11) is 4.58. The molecule has 1 aliphatic carbocycles. The van der Waals surface area contributed by atoms with Crippen LogP contribution in [0.2, 0.25) is 0 Å². The summed E-state index contributed by atoms with van der Waals surface area (Å²) >= 11 is 0. The SMILES string of the molecule is COc1cc(NC(=O)C2CC(=O)N(C3CCCC3)C2)cc(OC)c1OC. The monoisotopic (exact) mass is 362 g/mol. The summed E-state index contributed by atoms with van der Waals surface area (Å²) in [6.45, 7) is 0.500. The average molecular weight is 362 g/mol. The normalized spacial score (nSPS) is 20.3. The second-order valence-corrected chi connectivity index (χ2v) is 6.79. The van der Waals surface area contributed by atoms with Crippen LogP contribution in [0.5, 0.6) is 17.2 Å². The molecule has 0 aromatic heterocycles. The van der Waals surface area contributed by atoms with Crippen LogP contribution in [0.4, 0.5) is 5.69 Å². The summed E-state index contributed by atoms with van der Waals surface area (Å²) in [6.07, 6.45) is 4.69. The molecular weight excluding hydrogens is 336 g/mol. The molecule has 7 heteroatoms. The van der Waals surface area contributed by atoms with Gasteiger partial charge < -0.3 is 24.4 Å². The number of hydrogen-bond donors (Lipinski definition) is 1. The van der Waals surface area contributed by atoms with Gasteiger partial charge in [-0.2, -0.15) is 0 Å². The van der Waals surface area contributed by atoms with Crippen LogP contribution < -0.4 is 19.5 Å². The summed E-state index contributed by atoms with van der Waals surface area (Å²) in [4.78, 5) is 26.9. The van der Waals surface area contributed by atoms with E-state index in [9.17, 15) is 9.59 Å². The Morgan fingerprint density at radius 3 is 2.23 bits per heavy atom. The molecule has 2 fully saturated rings. The molecule has 1 aliphatic heterocycles. The summed E-state index contributed by atoms with van der Waals surface area (Å²) < 4.78 is 15.9. The highest BCUT2D eigenvalue weighted by molar-refractivity contribution is 5.97. The largest absolute Gasteiger partial charge is 0.493 e. The van der Waals surface area contributed by atoms with Gasteiger partial charge in [0.1, 0.15) is 0 Å². The van der Waals surface area contributed by atoms with Crippen molar-refractivity contribution in [1.29, 1.82) is 0 Å². The van der Waals surface area contributed by atoms with Gasteiger partial charge in [0.2, 0.25) is 17.6 Å². The molecule has 2 aliphatic rings. The van der Waals surface area contributed by atoms with E-state index >= 15 is 0 Å². The second-order valence-electron chi connectivity index (χ2n) is 6.79. The number of nitrogens with one attached hydrogen (secondary N) is 1. The Labute approximate surface area is 153 Å². The predicted octanol–water partition coefficient (Wildman–Crippen LogP) is 2.44. The van der Waals surface area contributed by atoms with Crippen molar-refractivity contribution in [3.05, 3.63) is 12.1 Å². The molecule has 1 aromatic carbocycles. The van der Waals surface area contributed by atoms with Crippen molar-refractivity contribution < 1.29 is 23.8 Å². The zero-order chi connectivity index (χ0) is 18.7. The molecule has 142 valence electrons. The van der Waals surface area contributed by atoms with Crippen LogP contribution in [0.25, 0.3) is 0 Å². The average Bonchev–Trinajstić information content (AvgIpc) is 3.30. The molecule has 1 aromatic rings. The lowest BCUT2D eigenvalue weighted by Crippen LogP contribution is -2.35. The molecule has 1 N–H and O–H groups in total. The van der Waals surface area contributed by atoms with Gasteiger partial charge in [-0.3, -0.25) is 9.59 Å². The number of ether oxygens (including phenoxy) is 3. The first-order valence-corrected chi connectivity index (χ1v) is 8.97. The predicted molar refractivity (Wildman–Crippen MR) is 96.8 cm³/mol. The maximum atomic E-state index is 12.7. The fourth-order valence-corrected chi connectivity index (χ4v) is 3.87. The lowest BCUT2D eigenvalue weighted by atomic mass is 10.1. The molecule has 3 rings (SSSR count). The molecule has 2 amide bonds. The van der Waals surface area contributed by atoms with E-state index in [1.165, 1.54) is 21.3 Å². The van der Waals surface area contributed by atoms with E-state index in [2.05, 4.69) is 5.32 Å². The molecule has 1 saturated heterocycles. The fourth-order valence-electron chi connectivity index (χ4n) is 3.87. The lowest BCUT2D eigenvalue weighted by Gasteiger charge is -2.24. The van der Waals surface area contributed by atoms with Crippen molar-refractivity contribution in [2.75, 3.05) is 33.2 Å². The third-order valence-corrected chi connectivity index (χ3v) is 5.23. The van der Waals surface area contributed by atoms with Crippen LogP contribution in [0.1, 0.15) is 32.1 Å². The highest BCUT2D eigenvalue weighted by atomic mass is 16.5. The van der Waals surface area contributed by atoms with Crippen molar-refractivity contribution in [2.24, 2.45) is 5.92 Å². The number of carbonyl (C=O) groups is 2. The minimum absolute atomic E-state index is 0.0851. The molecule has 26 heavy (non-hydrogen) atoms. The highest BCUT2D eigenvalue weighted by Gasteiger charge is 2.38. The number of rotatable bonds is 6. The Kier molecular flexibility index (Phi) is 5.54. The van der Waals surface area contributed by atoms with Crippen LogP contribution in [0, 0.1) is 5.92 Å². The van der Waals surface area contributed by atoms with Crippen LogP contribution in [0.3, 0.4) is 0 Å². The fraction of sp³-hybridized carbons (Fsp3) is 0.579. The minimum Gasteiger partial charge on any atom is -0.493 e. The van der Waals surface area contributed by atoms with Crippen LogP contribution >= 0.6 is 0 Å². The first-order chi connectivity index (χ1) is 12.6. The number of amides is 2. The number of anilines is 1. The van der Waals surface area contributed by atoms with Gasteiger partial charge in [0.05, 0.1) is 27.2 Å². The lowest BCUT2D eigenvalue weighted by molar-refractivity contribution is -0.129.